The first-order valence-electron chi connectivity index (χ1n) is 10.5. The number of rotatable bonds is 16. The highest BCUT2D eigenvalue weighted by molar-refractivity contribution is 14.1. The predicted molar refractivity (Wildman–Crippen MR) is 122 cm³/mol. The van der Waals surface area contributed by atoms with Gasteiger partial charge in [0.25, 0.3) is 10.1 Å². The molecule has 0 radical (unpaired) electrons. The van der Waals surface area contributed by atoms with E-state index in [1.165, 1.54) is 22.6 Å². The second-order valence-electron chi connectivity index (χ2n) is 7.56. The van der Waals surface area contributed by atoms with Crippen molar-refractivity contribution in [2.75, 3.05) is 19.0 Å². The van der Waals surface area contributed by atoms with Crippen LogP contribution in [0.3, 0.4) is 0 Å². The molecule has 1 N–H and O–H groups in total. The quantitative estimate of drug-likeness (QED) is 0.0991. The molecule has 0 heterocycles. The molecule has 0 aromatic heterocycles. The molecule has 7 nitrogen and oxygen atoms in total. The van der Waals surface area contributed by atoms with E-state index >= 15 is 0 Å². The first-order chi connectivity index (χ1) is 13.5. The largest absolute Gasteiger partial charge is 0.464 e. The fourth-order valence-corrected chi connectivity index (χ4v) is 5.09. The van der Waals surface area contributed by atoms with E-state index in [9.17, 15) is 22.6 Å². The van der Waals surface area contributed by atoms with Gasteiger partial charge in [-0.3, -0.25) is 4.55 Å². The van der Waals surface area contributed by atoms with Crippen molar-refractivity contribution in [1.29, 1.82) is 0 Å². The minimum atomic E-state index is -4.60. The summed E-state index contributed by atoms with van der Waals surface area (Å²) in [6.45, 7) is 8.32. The summed E-state index contributed by atoms with van der Waals surface area (Å²) in [5.41, 5.74) is 0. The Morgan fingerprint density at radius 2 is 1.28 bits per heavy atom. The van der Waals surface area contributed by atoms with E-state index in [2.05, 4.69) is 13.8 Å². The second-order valence-corrected chi connectivity index (χ2v) is 10.9. The molecule has 9 heteroatoms. The summed E-state index contributed by atoms with van der Waals surface area (Å²) in [6, 6.07) is 0. The molecule has 0 fully saturated rings. The lowest BCUT2D eigenvalue weighted by Gasteiger charge is -2.25. The lowest BCUT2D eigenvalue weighted by atomic mass is 10.0. The van der Waals surface area contributed by atoms with Crippen LogP contribution in [0.15, 0.2) is 0 Å². The van der Waals surface area contributed by atoms with E-state index in [-0.39, 0.29) is 25.0 Å². The summed E-state index contributed by atoms with van der Waals surface area (Å²) in [5, 5.41) is 0. The number of esters is 2. The normalized spacial score (nSPS) is 15.9. The van der Waals surface area contributed by atoms with Crippen LogP contribution in [0.2, 0.25) is 0 Å². The van der Waals surface area contributed by atoms with Gasteiger partial charge in [0.2, 0.25) is 3.42 Å². The molecule has 0 saturated carbocycles. The molecular formula is C20H37IO7S. The van der Waals surface area contributed by atoms with Crippen LogP contribution in [-0.2, 0) is 29.2 Å². The Labute approximate surface area is 189 Å². The maximum atomic E-state index is 12.7. The van der Waals surface area contributed by atoms with Crippen molar-refractivity contribution in [3.8, 4) is 0 Å². The van der Waals surface area contributed by atoms with Gasteiger partial charge in [-0.1, -0.05) is 88.8 Å². The highest BCUT2D eigenvalue weighted by Crippen LogP contribution is 2.27. The Kier molecular flexibility index (Phi) is 14.4. The molecule has 172 valence electrons. The van der Waals surface area contributed by atoms with Gasteiger partial charge in [-0.15, -0.1) is 0 Å². The van der Waals surface area contributed by atoms with Crippen LogP contribution < -0.4 is 0 Å². The van der Waals surface area contributed by atoms with E-state index in [0.29, 0.717) is 0 Å². The molecule has 0 aliphatic heterocycles. The van der Waals surface area contributed by atoms with Crippen molar-refractivity contribution in [2.24, 2.45) is 11.8 Å². The Morgan fingerprint density at radius 1 is 0.897 bits per heavy atom. The number of unbranched alkanes of at least 4 members (excludes halogenated alkanes) is 2. The van der Waals surface area contributed by atoms with Crippen LogP contribution in [0.1, 0.15) is 79.1 Å². The lowest BCUT2D eigenvalue weighted by Crippen LogP contribution is -2.49. The molecule has 0 aromatic rings. The summed E-state index contributed by atoms with van der Waals surface area (Å²) < 4.78 is 40.7. The SMILES string of the molecule is CCCCC(CC)COC(=O)C(I)(CS(=O)(=O)O)C(=O)OCC(CC)CCCC. The van der Waals surface area contributed by atoms with Gasteiger partial charge >= 0.3 is 11.9 Å². The third-order valence-corrected chi connectivity index (χ3v) is 7.59. The number of hydrogen-bond donors (Lipinski definition) is 1. The smallest absolute Gasteiger partial charge is 0.334 e. The van der Waals surface area contributed by atoms with Crippen LogP contribution in [0.4, 0.5) is 0 Å². The Hall–Kier alpha value is -0.420. The fourth-order valence-electron chi connectivity index (χ4n) is 2.86. The maximum absolute atomic E-state index is 12.7. The first-order valence-corrected chi connectivity index (χ1v) is 13.2. The Bertz CT molecular complexity index is 560. The molecule has 0 amide bonds. The average Bonchev–Trinajstić information content (AvgIpc) is 2.66. The van der Waals surface area contributed by atoms with E-state index in [0.717, 1.165) is 51.4 Å². The lowest BCUT2D eigenvalue weighted by molar-refractivity contribution is -0.159. The van der Waals surface area contributed by atoms with Gasteiger partial charge in [0.15, 0.2) is 0 Å². The third kappa shape index (κ3) is 11.5. The highest BCUT2D eigenvalue weighted by atomic mass is 127. The van der Waals surface area contributed by atoms with Gasteiger partial charge in [-0.25, -0.2) is 9.59 Å². The van der Waals surface area contributed by atoms with Crippen LogP contribution in [0, 0.1) is 11.8 Å². The summed E-state index contributed by atoms with van der Waals surface area (Å²) >= 11 is 1.44. The molecule has 0 aliphatic carbocycles. The molecule has 0 aliphatic rings. The van der Waals surface area contributed by atoms with Crippen molar-refractivity contribution in [3.05, 3.63) is 0 Å². The fraction of sp³-hybridized carbons (Fsp3) is 0.900. The summed E-state index contributed by atoms with van der Waals surface area (Å²) in [6.07, 6.45) is 7.40. The minimum Gasteiger partial charge on any atom is -0.464 e. The standard InChI is InChI=1S/C20H37IO7S/c1-5-9-11-16(7-3)13-27-18(22)20(21,15-29(24,25)26)19(23)28-14-17(8-4)12-10-6-2/h16-17H,5-15H2,1-4H3,(H,24,25,26). The van der Waals surface area contributed by atoms with Crippen LogP contribution in [-0.4, -0.2) is 47.3 Å². The molecule has 0 aromatic carbocycles. The van der Waals surface area contributed by atoms with Gasteiger partial charge in [-0.2, -0.15) is 8.42 Å². The van der Waals surface area contributed by atoms with E-state index in [1.807, 2.05) is 13.8 Å². The number of alkyl halides is 1. The molecule has 29 heavy (non-hydrogen) atoms. The second kappa shape index (κ2) is 14.6. The molecular weight excluding hydrogens is 511 g/mol. The van der Waals surface area contributed by atoms with Gasteiger partial charge < -0.3 is 9.47 Å². The van der Waals surface area contributed by atoms with Crippen LogP contribution >= 0.6 is 22.6 Å². The molecule has 2 unspecified atom stereocenters. The number of hydrogen-bond acceptors (Lipinski definition) is 6. The number of carbonyl (C=O) groups is 2. The zero-order chi connectivity index (χ0) is 22.5. The average molecular weight is 548 g/mol. The van der Waals surface area contributed by atoms with E-state index in [4.69, 9.17) is 9.47 Å². The van der Waals surface area contributed by atoms with Gasteiger partial charge in [0.05, 0.1) is 13.2 Å². The van der Waals surface area contributed by atoms with Crippen LogP contribution in [0.25, 0.3) is 0 Å². The third-order valence-electron chi connectivity index (χ3n) is 5.02. The summed E-state index contributed by atoms with van der Waals surface area (Å²) in [5.74, 6) is -2.77. The van der Waals surface area contributed by atoms with Crippen molar-refractivity contribution in [1.82, 2.24) is 0 Å². The van der Waals surface area contributed by atoms with Gasteiger partial charge in [-0.05, 0) is 24.7 Å². The summed E-state index contributed by atoms with van der Waals surface area (Å²) in [7, 11) is -4.60. The number of halogens is 1. The van der Waals surface area contributed by atoms with Crippen molar-refractivity contribution in [3.63, 3.8) is 0 Å². The Morgan fingerprint density at radius 3 is 1.55 bits per heavy atom. The zero-order valence-electron chi connectivity index (χ0n) is 18.1. The molecule has 2 atom stereocenters. The number of ether oxygens (including phenoxy) is 2. The van der Waals surface area contributed by atoms with Crippen molar-refractivity contribution < 1.29 is 32.0 Å². The molecule has 0 bridgehead atoms. The minimum absolute atomic E-state index is 0.104. The topological polar surface area (TPSA) is 107 Å². The molecule has 0 spiro atoms. The van der Waals surface area contributed by atoms with Gasteiger partial charge in [0.1, 0.15) is 5.75 Å². The first kappa shape index (κ1) is 28.6. The monoisotopic (exact) mass is 548 g/mol. The summed E-state index contributed by atoms with van der Waals surface area (Å²) in [4.78, 5) is 25.3. The molecule has 0 saturated heterocycles. The van der Waals surface area contributed by atoms with Crippen molar-refractivity contribution >= 4 is 44.6 Å². The van der Waals surface area contributed by atoms with Gasteiger partial charge in [0, 0.05) is 0 Å². The van der Waals surface area contributed by atoms with E-state index in [1.54, 1.807) is 0 Å². The Balaban J connectivity index is 5.18. The van der Waals surface area contributed by atoms with Crippen LogP contribution in [0.5, 0.6) is 0 Å². The van der Waals surface area contributed by atoms with Crippen molar-refractivity contribution in [2.45, 2.75) is 82.5 Å². The highest BCUT2D eigenvalue weighted by Gasteiger charge is 2.50. The maximum Gasteiger partial charge on any atom is 0.334 e. The zero-order valence-corrected chi connectivity index (χ0v) is 21.1. The number of carbonyl (C=O) groups excluding carboxylic acids is 2. The molecule has 0 rings (SSSR count). The predicted octanol–water partition coefficient (Wildman–Crippen LogP) is 4.57. The van der Waals surface area contributed by atoms with E-state index < -0.39 is 31.2 Å².